The fourth-order valence-electron chi connectivity index (χ4n) is 4.06. The topological polar surface area (TPSA) is 119 Å². The Hall–Kier alpha value is -4.35. The van der Waals surface area contributed by atoms with Crippen molar-refractivity contribution < 1.29 is 15.0 Å². The second kappa shape index (κ2) is 11.8. The smallest absolute Gasteiger partial charge is 0.274 e. The summed E-state index contributed by atoms with van der Waals surface area (Å²) in [5.41, 5.74) is 6.95. The van der Waals surface area contributed by atoms with Crippen LogP contribution >= 0.6 is 11.6 Å². The SMILES string of the molecule is Cc1cc(C=Cc2nccc(-c3cccc(NC(=O)c4ccc(CO)cn4)c3C)c2C#N)c(Cl)cc1CO. The number of hydrogen-bond acceptors (Lipinski definition) is 6. The molecule has 0 atom stereocenters. The van der Waals surface area contributed by atoms with E-state index >= 15 is 0 Å². The van der Waals surface area contributed by atoms with Crippen LogP contribution in [0.15, 0.2) is 60.9 Å². The Morgan fingerprint density at radius 2 is 1.87 bits per heavy atom. The number of aryl methyl sites for hydroxylation is 1. The number of nitrogens with zero attached hydrogens (tertiary/aromatic N) is 3. The van der Waals surface area contributed by atoms with Crippen molar-refractivity contribution >= 4 is 35.3 Å². The fourth-order valence-corrected chi connectivity index (χ4v) is 4.31. The number of halogens is 1. The molecule has 0 aliphatic heterocycles. The zero-order chi connectivity index (χ0) is 27.2. The quantitative estimate of drug-likeness (QED) is 0.285. The molecule has 4 rings (SSSR count). The maximum atomic E-state index is 12.8. The highest BCUT2D eigenvalue weighted by Crippen LogP contribution is 2.32. The fraction of sp³-hybridized carbons (Fsp3) is 0.133. The van der Waals surface area contributed by atoms with Crippen LogP contribution in [0.3, 0.4) is 0 Å². The first-order valence-electron chi connectivity index (χ1n) is 11.8. The van der Waals surface area contributed by atoms with E-state index < -0.39 is 0 Å². The summed E-state index contributed by atoms with van der Waals surface area (Å²) >= 11 is 6.39. The van der Waals surface area contributed by atoms with E-state index in [2.05, 4.69) is 21.4 Å². The van der Waals surface area contributed by atoms with Crippen LogP contribution in [0, 0.1) is 25.2 Å². The zero-order valence-corrected chi connectivity index (χ0v) is 21.6. The number of nitrogens with one attached hydrogen (secondary N) is 1. The first-order valence-corrected chi connectivity index (χ1v) is 12.2. The summed E-state index contributed by atoms with van der Waals surface area (Å²) in [4.78, 5) is 21.3. The van der Waals surface area contributed by atoms with Crippen LogP contribution in [-0.2, 0) is 13.2 Å². The summed E-state index contributed by atoms with van der Waals surface area (Å²) in [7, 11) is 0. The molecule has 7 nitrogen and oxygen atoms in total. The van der Waals surface area contributed by atoms with Crippen molar-refractivity contribution in [2.24, 2.45) is 0 Å². The van der Waals surface area contributed by atoms with Gasteiger partial charge in [0.1, 0.15) is 11.8 Å². The molecule has 2 aromatic heterocycles. The van der Waals surface area contributed by atoms with Gasteiger partial charge in [-0.25, -0.2) is 0 Å². The molecule has 0 saturated heterocycles. The van der Waals surface area contributed by atoms with Crippen LogP contribution in [0.2, 0.25) is 5.02 Å². The molecule has 0 unspecified atom stereocenters. The van der Waals surface area contributed by atoms with E-state index in [4.69, 9.17) is 11.6 Å². The van der Waals surface area contributed by atoms with Crippen LogP contribution in [0.4, 0.5) is 5.69 Å². The molecule has 0 saturated carbocycles. The van der Waals surface area contributed by atoms with Gasteiger partial charge < -0.3 is 15.5 Å². The van der Waals surface area contributed by atoms with Crippen LogP contribution in [0.5, 0.6) is 0 Å². The summed E-state index contributed by atoms with van der Waals surface area (Å²) in [6.07, 6.45) is 6.62. The van der Waals surface area contributed by atoms with Gasteiger partial charge in [0.05, 0.1) is 24.5 Å². The molecule has 3 N–H and O–H groups in total. The van der Waals surface area contributed by atoms with Gasteiger partial charge >= 0.3 is 0 Å². The standard InChI is InChI=1S/C30H25ClN4O3/c1-18-12-21(26(31)13-22(18)17-37)7-9-28-25(14-32)24(10-11-33-28)23-4-3-5-27(19(23)2)35-30(38)29-8-6-20(16-36)15-34-29/h3-13,15,36-37H,16-17H2,1-2H3,(H,35,38). The molecule has 0 bridgehead atoms. The summed E-state index contributed by atoms with van der Waals surface area (Å²) in [6, 6.07) is 16.3. The second-order valence-electron chi connectivity index (χ2n) is 8.66. The Morgan fingerprint density at radius 1 is 1.05 bits per heavy atom. The van der Waals surface area contributed by atoms with Crippen molar-refractivity contribution in [1.82, 2.24) is 9.97 Å². The van der Waals surface area contributed by atoms with Crippen molar-refractivity contribution in [2.45, 2.75) is 27.1 Å². The van der Waals surface area contributed by atoms with Gasteiger partial charge in [0, 0.05) is 28.7 Å². The van der Waals surface area contributed by atoms with E-state index in [1.54, 1.807) is 48.7 Å². The number of aromatic nitrogens is 2. The largest absolute Gasteiger partial charge is 0.392 e. The van der Waals surface area contributed by atoms with Gasteiger partial charge in [0.15, 0.2) is 0 Å². The highest BCUT2D eigenvalue weighted by Gasteiger charge is 2.16. The minimum absolute atomic E-state index is 0.0941. The van der Waals surface area contributed by atoms with Crippen LogP contribution < -0.4 is 5.32 Å². The number of aliphatic hydroxyl groups is 2. The zero-order valence-electron chi connectivity index (χ0n) is 20.9. The number of anilines is 1. The maximum Gasteiger partial charge on any atom is 0.274 e. The monoisotopic (exact) mass is 524 g/mol. The first-order chi connectivity index (χ1) is 18.4. The Balaban J connectivity index is 1.67. The highest BCUT2D eigenvalue weighted by atomic mass is 35.5. The molecular formula is C30H25ClN4O3. The van der Waals surface area contributed by atoms with E-state index in [0.29, 0.717) is 33.1 Å². The summed E-state index contributed by atoms with van der Waals surface area (Å²) in [6.45, 7) is 3.52. The predicted molar refractivity (Wildman–Crippen MR) is 148 cm³/mol. The molecule has 0 aliphatic rings. The van der Waals surface area contributed by atoms with Gasteiger partial charge in [0.2, 0.25) is 0 Å². The number of aliphatic hydroxyl groups excluding tert-OH is 2. The van der Waals surface area contributed by atoms with Crippen molar-refractivity contribution in [2.75, 3.05) is 5.32 Å². The minimum Gasteiger partial charge on any atom is -0.392 e. The lowest BCUT2D eigenvalue weighted by molar-refractivity contribution is 0.102. The van der Waals surface area contributed by atoms with E-state index in [9.17, 15) is 20.3 Å². The number of nitriles is 1. The second-order valence-corrected chi connectivity index (χ2v) is 9.07. The number of carbonyl (C=O) groups excluding carboxylic acids is 1. The molecule has 2 heterocycles. The van der Waals surface area contributed by atoms with Crippen molar-refractivity contribution in [3.8, 4) is 17.2 Å². The average Bonchev–Trinajstić information content (AvgIpc) is 2.94. The average molecular weight is 525 g/mol. The number of hydrogen-bond donors (Lipinski definition) is 3. The van der Waals surface area contributed by atoms with Crippen molar-refractivity contribution in [3.63, 3.8) is 0 Å². The number of carbonyl (C=O) groups is 1. The Bertz CT molecular complexity index is 1570. The summed E-state index contributed by atoms with van der Waals surface area (Å²) < 4.78 is 0. The molecule has 2 aromatic carbocycles. The molecule has 1 amide bonds. The predicted octanol–water partition coefficient (Wildman–Crippen LogP) is 5.69. The normalized spacial score (nSPS) is 10.9. The third-order valence-corrected chi connectivity index (χ3v) is 6.58. The molecule has 38 heavy (non-hydrogen) atoms. The van der Waals surface area contributed by atoms with Crippen LogP contribution in [0.25, 0.3) is 23.3 Å². The molecular weight excluding hydrogens is 500 g/mol. The number of benzene rings is 2. The van der Waals surface area contributed by atoms with Gasteiger partial charge in [-0.3, -0.25) is 14.8 Å². The van der Waals surface area contributed by atoms with E-state index in [1.807, 2.05) is 32.0 Å². The van der Waals surface area contributed by atoms with Gasteiger partial charge in [0.25, 0.3) is 5.91 Å². The summed E-state index contributed by atoms with van der Waals surface area (Å²) in [5.74, 6) is -0.381. The van der Waals surface area contributed by atoms with E-state index in [1.165, 1.54) is 6.20 Å². The number of amides is 1. The van der Waals surface area contributed by atoms with Gasteiger partial charge in [-0.1, -0.05) is 41.9 Å². The number of rotatable bonds is 7. The third-order valence-electron chi connectivity index (χ3n) is 6.25. The molecule has 0 fully saturated rings. The van der Waals surface area contributed by atoms with E-state index in [-0.39, 0.29) is 24.8 Å². The Morgan fingerprint density at radius 3 is 2.55 bits per heavy atom. The lowest BCUT2D eigenvalue weighted by Crippen LogP contribution is -2.14. The van der Waals surface area contributed by atoms with E-state index in [0.717, 1.165) is 27.8 Å². The minimum atomic E-state index is -0.381. The Kier molecular flexibility index (Phi) is 8.29. The first kappa shape index (κ1) is 26.7. The third kappa shape index (κ3) is 5.63. The lowest BCUT2D eigenvalue weighted by atomic mass is 9.94. The molecule has 0 radical (unpaired) electrons. The Labute approximate surface area is 225 Å². The highest BCUT2D eigenvalue weighted by molar-refractivity contribution is 6.32. The lowest BCUT2D eigenvalue weighted by Gasteiger charge is -2.14. The maximum absolute atomic E-state index is 12.8. The molecule has 0 spiro atoms. The van der Waals surface area contributed by atoms with Crippen molar-refractivity contribution in [3.05, 3.63) is 111 Å². The summed E-state index contributed by atoms with van der Waals surface area (Å²) in [5, 5.41) is 32.1. The van der Waals surface area contributed by atoms with Crippen LogP contribution in [0.1, 0.15) is 49.6 Å². The molecule has 0 aliphatic carbocycles. The molecule has 4 aromatic rings. The van der Waals surface area contributed by atoms with Crippen LogP contribution in [-0.4, -0.2) is 26.1 Å². The molecule has 8 heteroatoms. The molecule has 190 valence electrons. The van der Waals surface area contributed by atoms with Gasteiger partial charge in [-0.05, 0) is 77.6 Å². The number of pyridine rings is 2. The van der Waals surface area contributed by atoms with Crippen molar-refractivity contribution in [1.29, 1.82) is 5.26 Å². The van der Waals surface area contributed by atoms with Gasteiger partial charge in [-0.15, -0.1) is 0 Å². The van der Waals surface area contributed by atoms with Gasteiger partial charge in [-0.2, -0.15) is 5.26 Å².